The van der Waals surface area contributed by atoms with Gasteiger partial charge in [-0.25, -0.2) is 8.78 Å². The number of halogens is 2. The molecule has 0 spiro atoms. The number of hydrogen-bond donors (Lipinski definition) is 2. The number of nitrogen functional groups attached to an aromatic ring is 1. The molecule has 0 saturated carbocycles. The molecule has 2 unspecified atom stereocenters. The number of nitrogens with two attached hydrogens (primary N) is 1. The molecule has 3 fully saturated rings. The maximum atomic E-state index is 17.1. The van der Waals surface area contributed by atoms with Crippen molar-refractivity contribution in [2.24, 2.45) is 0 Å². The summed E-state index contributed by atoms with van der Waals surface area (Å²) in [7, 11) is 0. The van der Waals surface area contributed by atoms with Gasteiger partial charge in [-0.15, -0.1) is 11.3 Å². The van der Waals surface area contributed by atoms with Crippen molar-refractivity contribution >= 4 is 43.1 Å². The third-order valence-corrected chi connectivity index (χ3v) is 10.2. The van der Waals surface area contributed by atoms with Crippen LogP contribution in [0, 0.1) is 23.0 Å². The Morgan fingerprint density at radius 1 is 1.09 bits per heavy atom. The average molecular weight is 621 g/mol. The minimum atomic E-state index is -0.637. The molecule has 14 heteroatoms. The van der Waals surface area contributed by atoms with Gasteiger partial charge in [0.05, 0.1) is 54.0 Å². The van der Waals surface area contributed by atoms with E-state index in [1.54, 1.807) is 0 Å². The molecule has 3 aromatic heterocycles. The van der Waals surface area contributed by atoms with Crippen LogP contribution in [-0.2, 0) is 22.7 Å². The molecule has 7 heterocycles. The van der Waals surface area contributed by atoms with Crippen LogP contribution in [0.5, 0.6) is 6.01 Å². The van der Waals surface area contributed by atoms with Crippen molar-refractivity contribution in [3.63, 3.8) is 0 Å². The van der Waals surface area contributed by atoms with Crippen molar-refractivity contribution in [2.45, 2.75) is 38.1 Å². The SMILES string of the molecule is N#Cc1c(N)sc2c(F)cnc(-c3c4c(c5c(N6C7CCC6CNC7)nc(OCCN6CCOCC6)nc5c3F)COC4)c12. The predicted molar refractivity (Wildman–Crippen MR) is 161 cm³/mol. The lowest BCUT2D eigenvalue weighted by Gasteiger charge is -2.37. The first-order chi connectivity index (χ1) is 21.5. The van der Waals surface area contributed by atoms with Crippen molar-refractivity contribution < 1.29 is 23.0 Å². The quantitative estimate of drug-likeness (QED) is 0.329. The Hall–Kier alpha value is -3.74. The molecule has 4 aliphatic rings. The van der Waals surface area contributed by atoms with E-state index in [-0.39, 0.29) is 68.7 Å². The van der Waals surface area contributed by atoms with Crippen molar-refractivity contribution in [1.29, 1.82) is 5.26 Å². The number of aromatic nitrogens is 3. The van der Waals surface area contributed by atoms with Gasteiger partial charge in [-0.2, -0.15) is 15.2 Å². The summed E-state index contributed by atoms with van der Waals surface area (Å²) in [5.74, 6) is -0.611. The zero-order chi connectivity index (χ0) is 29.9. The van der Waals surface area contributed by atoms with Gasteiger partial charge in [0.15, 0.2) is 11.6 Å². The lowest BCUT2D eigenvalue weighted by atomic mass is 9.93. The summed E-state index contributed by atoms with van der Waals surface area (Å²) < 4.78 is 49.7. The zero-order valence-electron chi connectivity index (χ0n) is 23.9. The summed E-state index contributed by atoms with van der Waals surface area (Å²) in [6.07, 6.45) is 3.05. The second-order valence-corrected chi connectivity index (χ2v) is 12.6. The number of nitrogens with one attached hydrogen (secondary N) is 1. The van der Waals surface area contributed by atoms with Crippen LogP contribution in [0.1, 0.15) is 29.5 Å². The van der Waals surface area contributed by atoms with Crippen molar-refractivity contribution in [3.8, 4) is 23.3 Å². The summed E-state index contributed by atoms with van der Waals surface area (Å²) in [4.78, 5) is 18.5. The monoisotopic (exact) mass is 620 g/mol. The highest BCUT2D eigenvalue weighted by atomic mass is 32.1. The number of nitrogens with zero attached hydrogens (tertiary/aromatic N) is 6. The first kappa shape index (κ1) is 27.8. The van der Waals surface area contributed by atoms with Crippen LogP contribution in [0.2, 0.25) is 0 Å². The van der Waals surface area contributed by atoms with Gasteiger partial charge in [0.1, 0.15) is 29.0 Å². The van der Waals surface area contributed by atoms with E-state index in [4.69, 9.17) is 24.9 Å². The van der Waals surface area contributed by atoms with Gasteiger partial charge in [0.2, 0.25) is 0 Å². The standard InChI is InChI=1S/C30H30F2N8O3S/c31-20-12-36-25(22-17(9-33)28(34)44-27(20)22)21-18-13-42-14-19(18)23-26(24(21)32)37-30(43-8-5-39-3-6-41-7-4-39)38-29(23)40-15-1-2-16(40)11-35-10-15/h12,15-16,35H,1-8,10-11,13-14,34H2. The van der Waals surface area contributed by atoms with Gasteiger partial charge >= 0.3 is 6.01 Å². The Kier molecular flexibility index (Phi) is 6.95. The lowest BCUT2D eigenvalue weighted by molar-refractivity contribution is 0.0317. The molecule has 11 nitrogen and oxygen atoms in total. The first-order valence-electron chi connectivity index (χ1n) is 14.8. The van der Waals surface area contributed by atoms with E-state index < -0.39 is 11.6 Å². The molecule has 4 aliphatic heterocycles. The fourth-order valence-electron chi connectivity index (χ4n) is 7.09. The van der Waals surface area contributed by atoms with E-state index in [1.807, 2.05) is 0 Å². The molecule has 8 rings (SSSR count). The fraction of sp³-hybridized carbons (Fsp3) is 0.467. The molecule has 228 valence electrons. The zero-order valence-corrected chi connectivity index (χ0v) is 24.7. The second-order valence-electron chi connectivity index (χ2n) is 11.6. The summed E-state index contributed by atoms with van der Waals surface area (Å²) in [5, 5.41) is 14.3. The second kappa shape index (κ2) is 11.0. The number of rotatable bonds is 6. The van der Waals surface area contributed by atoms with E-state index >= 15 is 4.39 Å². The van der Waals surface area contributed by atoms with Crippen LogP contribution in [0.15, 0.2) is 6.20 Å². The minimum Gasteiger partial charge on any atom is -0.462 e. The molecule has 4 aromatic rings. The third kappa shape index (κ3) is 4.37. The predicted octanol–water partition coefficient (Wildman–Crippen LogP) is 3.32. The molecule has 0 radical (unpaired) electrons. The van der Waals surface area contributed by atoms with E-state index in [0.717, 1.165) is 62.1 Å². The van der Waals surface area contributed by atoms with Gasteiger partial charge in [0, 0.05) is 55.8 Å². The number of fused-ring (bicyclic) bond motifs is 6. The van der Waals surface area contributed by atoms with Crippen LogP contribution in [0.4, 0.5) is 19.6 Å². The van der Waals surface area contributed by atoms with Gasteiger partial charge in [0.25, 0.3) is 0 Å². The number of thiophene rings is 1. The Bertz CT molecular complexity index is 1820. The van der Waals surface area contributed by atoms with E-state index in [1.165, 1.54) is 0 Å². The number of piperazine rings is 1. The summed E-state index contributed by atoms with van der Waals surface area (Å²) in [6.45, 7) is 5.97. The lowest BCUT2D eigenvalue weighted by Crippen LogP contribution is -2.52. The molecule has 3 N–H and O–H groups in total. The number of ether oxygens (including phenoxy) is 3. The number of anilines is 2. The Balaban J connectivity index is 1.33. The molecule has 44 heavy (non-hydrogen) atoms. The van der Waals surface area contributed by atoms with Crippen LogP contribution in [-0.4, -0.2) is 84.5 Å². The topological polar surface area (TPSA) is 135 Å². The molecule has 2 atom stereocenters. The normalized spacial score (nSPS) is 21.7. The summed E-state index contributed by atoms with van der Waals surface area (Å²) >= 11 is 0.950. The molecule has 2 bridgehead atoms. The maximum absolute atomic E-state index is 17.1. The molecular weight excluding hydrogens is 590 g/mol. The van der Waals surface area contributed by atoms with E-state index in [0.29, 0.717) is 43.1 Å². The molecule has 1 aromatic carbocycles. The summed E-state index contributed by atoms with van der Waals surface area (Å²) in [5.41, 5.74) is 7.91. The molecule has 0 aliphatic carbocycles. The van der Waals surface area contributed by atoms with Crippen LogP contribution in [0.25, 0.3) is 32.2 Å². The largest absolute Gasteiger partial charge is 0.462 e. The van der Waals surface area contributed by atoms with Gasteiger partial charge in [-0.3, -0.25) is 9.88 Å². The van der Waals surface area contributed by atoms with Gasteiger partial charge < -0.3 is 30.2 Å². The highest BCUT2D eigenvalue weighted by Crippen LogP contribution is 2.47. The maximum Gasteiger partial charge on any atom is 0.319 e. The third-order valence-electron chi connectivity index (χ3n) is 9.17. The van der Waals surface area contributed by atoms with Crippen molar-refractivity contribution in [3.05, 3.63) is 34.5 Å². The molecular formula is C30H30F2N8O3S. The van der Waals surface area contributed by atoms with Gasteiger partial charge in [-0.05, 0) is 24.0 Å². The van der Waals surface area contributed by atoms with Crippen molar-refractivity contribution in [1.82, 2.24) is 25.2 Å². The number of benzene rings is 1. The average Bonchev–Trinajstić information content (AvgIpc) is 3.72. The van der Waals surface area contributed by atoms with E-state index in [2.05, 4.69) is 31.2 Å². The fourth-order valence-corrected chi connectivity index (χ4v) is 8.01. The van der Waals surface area contributed by atoms with E-state index in [9.17, 15) is 9.65 Å². The molecule has 0 amide bonds. The van der Waals surface area contributed by atoms with Crippen LogP contribution >= 0.6 is 11.3 Å². The highest BCUT2D eigenvalue weighted by Gasteiger charge is 2.40. The number of pyridine rings is 1. The van der Waals surface area contributed by atoms with Gasteiger partial charge in [-0.1, -0.05) is 0 Å². The van der Waals surface area contributed by atoms with Crippen LogP contribution in [0.3, 0.4) is 0 Å². The number of nitriles is 1. The van der Waals surface area contributed by atoms with Crippen LogP contribution < -0.4 is 20.7 Å². The highest BCUT2D eigenvalue weighted by molar-refractivity contribution is 7.23. The first-order valence-corrected chi connectivity index (χ1v) is 15.7. The minimum absolute atomic E-state index is 0.0760. The molecule has 3 saturated heterocycles. The Morgan fingerprint density at radius 3 is 2.64 bits per heavy atom. The Labute approximate surface area is 255 Å². The smallest absolute Gasteiger partial charge is 0.319 e. The number of morpholine rings is 1. The number of hydrogen-bond acceptors (Lipinski definition) is 12. The summed E-state index contributed by atoms with van der Waals surface area (Å²) in [6, 6.07) is 2.57. The Morgan fingerprint density at radius 2 is 1.86 bits per heavy atom. The van der Waals surface area contributed by atoms with Crippen molar-refractivity contribution in [2.75, 3.05) is 63.2 Å².